The Kier molecular flexibility index (Phi) is 1.27. The zero-order chi connectivity index (χ0) is 5.28. The molecule has 0 amide bonds. The van der Waals surface area contributed by atoms with Crippen LogP contribution in [0.15, 0.2) is 0 Å². The Labute approximate surface area is 42.7 Å². The molecule has 3 nitrogen and oxygen atoms in total. The number of nitrogens with zero attached hydrogens (tertiary/aromatic N) is 1. The molecule has 0 radical (unpaired) electrons. The first-order valence-corrected chi connectivity index (χ1v) is 2.47. The Hall–Kier alpha value is -0.120. The van der Waals surface area contributed by atoms with Gasteiger partial charge in [-0.15, -0.1) is 0 Å². The monoisotopic (exact) mass is 102 g/mol. The molecule has 1 rings (SSSR count). The van der Waals surface area contributed by atoms with Crippen molar-refractivity contribution in [3.63, 3.8) is 0 Å². The van der Waals surface area contributed by atoms with Crippen molar-refractivity contribution in [1.29, 1.82) is 0 Å². The molecule has 1 aliphatic heterocycles. The fourth-order valence-corrected chi connectivity index (χ4v) is 0.657. The summed E-state index contributed by atoms with van der Waals surface area (Å²) in [5, 5.41) is 10.1. The molecule has 1 aliphatic rings. The second kappa shape index (κ2) is 1.78. The third-order valence-electron chi connectivity index (χ3n) is 1.40. The summed E-state index contributed by atoms with van der Waals surface area (Å²) in [5.41, 5.74) is 0. The van der Waals surface area contributed by atoms with Gasteiger partial charge in [0.2, 0.25) is 0 Å². The zero-order valence-electron chi connectivity index (χ0n) is 4.17. The van der Waals surface area contributed by atoms with Crippen molar-refractivity contribution < 1.29 is 5.11 Å². The number of hydrogen-bond acceptors (Lipinski definition) is 3. The lowest BCUT2D eigenvalue weighted by Gasteiger charge is -2.35. The Morgan fingerprint density at radius 3 is 2.57 bits per heavy atom. The Morgan fingerprint density at radius 2 is 2.57 bits per heavy atom. The number of nitrogens with two attached hydrogens (primary N) is 1. The summed E-state index contributed by atoms with van der Waals surface area (Å²) in [5.74, 6) is 5.31. The molecular formula is C4H10N2O. The van der Waals surface area contributed by atoms with Crippen LogP contribution in [0.1, 0.15) is 6.42 Å². The van der Waals surface area contributed by atoms with Gasteiger partial charge in [0.1, 0.15) is 0 Å². The second-order valence-electron chi connectivity index (χ2n) is 1.86. The molecule has 1 fully saturated rings. The van der Waals surface area contributed by atoms with E-state index in [0.29, 0.717) is 0 Å². The summed E-state index contributed by atoms with van der Waals surface area (Å²) in [7, 11) is 0. The van der Waals surface area contributed by atoms with Crippen LogP contribution in [0, 0.1) is 0 Å². The van der Waals surface area contributed by atoms with Gasteiger partial charge in [0.25, 0.3) is 0 Å². The summed E-state index contributed by atoms with van der Waals surface area (Å²) >= 11 is 0. The fraction of sp³-hybridized carbons (Fsp3) is 1.00. The highest BCUT2D eigenvalue weighted by molar-refractivity contribution is 4.76. The van der Waals surface area contributed by atoms with E-state index in [0.717, 1.165) is 13.0 Å². The van der Waals surface area contributed by atoms with Crippen molar-refractivity contribution in [2.45, 2.75) is 12.5 Å². The van der Waals surface area contributed by atoms with Crippen LogP contribution in [-0.4, -0.2) is 29.3 Å². The van der Waals surface area contributed by atoms with Crippen molar-refractivity contribution in [2.24, 2.45) is 5.84 Å². The molecule has 0 bridgehead atoms. The first-order valence-electron chi connectivity index (χ1n) is 2.47. The van der Waals surface area contributed by atoms with E-state index >= 15 is 0 Å². The molecule has 1 saturated heterocycles. The predicted octanol–water partition coefficient (Wildman–Crippen LogP) is -1.07. The highest BCUT2D eigenvalue weighted by atomic mass is 16.3. The summed E-state index contributed by atoms with van der Waals surface area (Å²) in [6, 6.07) is 0.250. The lowest BCUT2D eigenvalue weighted by molar-refractivity contribution is 0.0425. The number of hydrogen-bond donors (Lipinski definition) is 2. The van der Waals surface area contributed by atoms with Crippen LogP contribution in [0.2, 0.25) is 0 Å². The van der Waals surface area contributed by atoms with Crippen molar-refractivity contribution in [1.82, 2.24) is 5.01 Å². The van der Waals surface area contributed by atoms with E-state index < -0.39 is 0 Å². The van der Waals surface area contributed by atoms with Gasteiger partial charge in [-0.25, -0.2) is 5.01 Å². The van der Waals surface area contributed by atoms with Gasteiger partial charge in [-0.2, -0.15) is 0 Å². The first kappa shape index (κ1) is 5.03. The maximum absolute atomic E-state index is 8.43. The molecule has 0 spiro atoms. The van der Waals surface area contributed by atoms with E-state index in [4.69, 9.17) is 10.9 Å². The van der Waals surface area contributed by atoms with Crippen molar-refractivity contribution >= 4 is 0 Å². The summed E-state index contributed by atoms with van der Waals surface area (Å²) < 4.78 is 0. The van der Waals surface area contributed by atoms with E-state index in [2.05, 4.69) is 0 Å². The quantitative estimate of drug-likeness (QED) is 0.414. The molecule has 42 valence electrons. The van der Waals surface area contributed by atoms with E-state index in [-0.39, 0.29) is 12.6 Å². The third kappa shape index (κ3) is 0.748. The fourth-order valence-electron chi connectivity index (χ4n) is 0.657. The smallest absolute Gasteiger partial charge is 0.0601 e. The standard InChI is InChI=1S/C4H10N2O/c5-6-2-1-4(6)3-7/h4,7H,1-3,5H2/t4-/m0/s1. The van der Waals surface area contributed by atoms with Crippen molar-refractivity contribution in [3.8, 4) is 0 Å². The first-order chi connectivity index (χ1) is 3.34. The molecule has 0 aromatic heterocycles. The lowest BCUT2D eigenvalue weighted by atomic mass is 10.1. The Morgan fingerprint density at radius 1 is 1.86 bits per heavy atom. The van der Waals surface area contributed by atoms with Crippen LogP contribution >= 0.6 is 0 Å². The molecule has 0 aromatic carbocycles. The molecule has 0 unspecified atom stereocenters. The van der Waals surface area contributed by atoms with Crippen molar-refractivity contribution in [3.05, 3.63) is 0 Å². The van der Waals surface area contributed by atoms with E-state index in [9.17, 15) is 0 Å². The molecule has 3 heteroatoms. The second-order valence-corrected chi connectivity index (χ2v) is 1.86. The largest absolute Gasteiger partial charge is 0.395 e. The van der Waals surface area contributed by atoms with Crippen LogP contribution in [0.5, 0.6) is 0 Å². The highest BCUT2D eigenvalue weighted by Crippen LogP contribution is 2.09. The SMILES string of the molecule is NN1CC[C@H]1CO. The summed E-state index contributed by atoms with van der Waals surface area (Å²) in [6.45, 7) is 1.14. The van der Waals surface area contributed by atoms with E-state index in [1.807, 2.05) is 0 Å². The number of rotatable bonds is 1. The normalized spacial score (nSPS) is 32.6. The van der Waals surface area contributed by atoms with E-state index in [1.54, 1.807) is 5.01 Å². The Balaban J connectivity index is 2.16. The van der Waals surface area contributed by atoms with Crippen LogP contribution in [0.3, 0.4) is 0 Å². The lowest BCUT2D eigenvalue weighted by Crippen LogP contribution is -2.53. The minimum absolute atomic E-state index is 0.205. The number of hydrazine groups is 1. The molecule has 1 atom stereocenters. The summed E-state index contributed by atoms with van der Waals surface area (Å²) in [4.78, 5) is 0. The minimum Gasteiger partial charge on any atom is -0.395 e. The van der Waals surface area contributed by atoms with Gasteiger partial charge in [0.05, 0.1) is 6.61 Å². The highest BCUT2D eigenvalue weighted by Gasteiger charge is 2.22. The average molecular weight is 102 g/mol. The molecule has 0 aliphatic carbocycles. The molecule has 7 heavy (non-hydrogen) atoms. The number of aliphatic hydroxyl groups excluding tert-OH is 1. The topological polar surface area (TPSA) is 49.5 Å². The molecular weight excluding hydrogens is 92.1 g/mol. The van der Waals surface area contributed by atoms with Gasteiger partial charge in [-0.1, -0.05) is 0 Å². The zero-order valence-corrected chi connectivity index (χ0v) is 4.17. The van der Waals surface area contributed by atoms with Crippen LogP contribution in [0.25, 0.3) is 0 Å². The van der Waals surface area contributed by atoms with Gasteiger partial charge in [0, 0.05) is 12.6 Å². The van der Waals surface area contributed by atoms with Gasteiger partial charge >= 0.3 is 0 Å². The maximum atomic E-state index is 8.43. The Bertz CT molecular complexity index is 64.7. The van der Waals surface area contributed by atoms with Crippen LogP contribution < -0.4 is 5.84 Å². The molecule has 1 heterocycles. The maximum Gasteiger partial charge on any atom is 0.0601 e. The van der Waals surface area contributed by atoms with Gasteiger partial charge in [0.15, 0.2) is 0 Å². The molecule has 3 N–H and O–H groups in total. The summed E-state index contributed by atoms with van der Waals surface area (Å²) in [6.07, 6.45) is 1.05. The van der Waals surface area contributed by atoms with Gasteiger partial charge in [-0.3, -0.25) is 5.84 Å². The van der Waals surface area contributed by atoms with E-state index in [1.165, 1.54) is 0 Å². The average Bonchev–Trinajstić information content (AvgIpc) is 1.65. The van der Waals surface area contributed by atoms with Gasteiger partial charge in [-0.05, 0) is 6.42 Å². The number of aliphatic hydroxyl groups is 1. The van der Waals surface area contributed by atoms with Crippen molar-refractivity contribution in [2.75, 3.05) is 13.2 Å². The van der Waals surface area contributed by atoms with Gasteiger partial charge < -0.3 is 5.11 Å². The third-order valence-corrected chi connectivity index (χ3v) is 1.40. The van der Waals surface area contributed by atoms with Crippen LogP contribution in [-0.2, 0) is 0 Å². The minimum atomic E-state index is 0.205. The predicted molar refractivity (Wildman–Crippen MR) is 26.4 cm³/mol. The molecule has 0 saturated carbocycles. The molecule has 0 aromatic rings. The van der Waals surface area contributed by atoms with Crippen LogP contribution in [0.4, 0.5) is 0 Å².